The molecule has 0 saturated heterocycles. The van der Waals surface area contributed by atoms with Gasteiger partial charge in [0.05, 0.1) is 30.9 Å². The van der Waals surface area contributed by atoms with Crippen LogP contribution in [0.3, 0.4) is 0 Å². The van der Waals surface area contributed by atoms with Crippen molar-refractivity contribution >= 4 is 50.7 Å². The summed E-state index contributed by atoms with van der Waals surface area (Å²) in [5, 5.41) is 3.58. The van der Waals surface area contributed by atoms with Crippen LogP contribution < -0.4 is 15.6 Å². The predicted octanol–water partition coefficient (Wildman–Crippen LogP) is 3.31. The van der Waals surface area contributed by atoms with Crippen molar-refractivity contribution in [3.63, 3.8) is 0 Å². The third kappa shape index (κ3) is 4.80. The van der Waals surface area contributed by atoms with Gasteiger partial charge in [0, 0.05) is 16.4 Å². The van der Waals surface area contributed by atoms with E-state index in [0.717, 1.165) is 10.4 Å². The lowest BCUT2D eigenvalue weighted by atomic mass is 10.2. The van der Waals surface area contributed by atoms with Gasteiger partial charge in [0.25, 0.3) is 11.5 Å². The van der Waals surface area contributed by atoms with Crippen molar-refractivity contribution in [2.24, 2.45) is 0 Å². The van der Waals surface area contributed by atoms with Crippen LogP contribution in [0.2, 0.25) is 5.02 Å². The summed E-state index contributed by atoms with van der Waals surface area (Å²) in [5.41, 5.74) is 1.08. The van der Waals surface area contributed by atoms with Gasteiger partial charge in [-0.05, 0) is 37.6 Å². The number of carbonyl (C=O) groups is 2. The molecule has 10 heteroatoms. The minimum absolute atomic E-state index is 0.0664. The second-order valence-corrected chi connectivity index (χ2v) is 8.15. The van der Waals surface area contributed by atoms with Crippen molar-refractivity contribution in [1.29, 1.82) is 0 Å². The topological polar surface area (TPSA) is 99.5 Å². The first-order chi connectivity index (χ1) is 14.3. The fraction of sp³-hybridized carbons (Fsp3) is 0.300. The monoisotopic (exact) mass is 449 g/mol. The van der Waals surface area contributed by atoms with Gasteiger partial charge >= 0.3 is 5.97 Å². The molecule has 2 heterocycles. The number of hydrogen-bond donors (Lipinski definition) is 1. The Kier molecular flexibility index (Phi) is 6.73. The highest BCUT2D eigenvalue weighted by Crippen LogP contribution is 2.27. The zero-order chi connectivity index (χ0) is 21.8. The Morgan fingerprint density at radius 2 is 2.07 bits per heavy atom. The molecule has 30 heavy (non-hydrogen) atoms. The Morgan fingerprint density at radius 1 is 1.30 bits per heavy atom. The van der Waals surface area contributed by atoms with Crippen LogP contribution in [0.4, 0.5) is 5.69 Å². The lowest BCUT2D eigenvalue weighted by molar-refractivity contribution is -0.147. The number of nitrogens with one attached hydrogen (secondary N) is 1. The number of fused-ring (bicyclic) bond motifs is 1. The van der Waals surface area contributed by atoms with E-state index in [4.69, 9.17) is 21.1 Å². The van der Waals surface area contributed by atoms with Crippen LogP contribution >= 0.6 is 22.9 Å². The molecule has 0 aliphatic rings. The van der Waals surface area contributed by atoms with Gasteiger partial charge in [0.1, 0.15) is 10.6 Å². The number of hydrogen-bond acceptors (Lipinski definition) is 7. The number of anilines is 1. The van der Waals surface area contributed by atoms with Gasteiger partial charge in [-0.25, -0.2) is 4.98 Å². The Bertz CT molecular complexity index is 1170. The zero-order valence-corrected chi connectivity index (χ0v) is 18.2. The van der Waals surface area contributed by atoms with E-state index < -0.39 is 18.5 Å². The van der Waals surface area contributed by atoms with Gasteiger partial charge in [-0.1, -0.05) is 11.6 Å². The van der Waals surface area contributed by atoms with Crippen molar-refractivity contribution in [3.8, 4) is 5.75 Å². The lowest BCUT2D eigenvalue weighted by Gasteiger charge is -2.11. The van der Waals surface area contributed by atoms with E-state index in [2.05, 4.69) is 10.3 Å². The second-order valence-electron chi connectivity index (χ2n) is 6.51. The quantitative estimate of drug-likeness (QED) is 0.555. The third-order valence-electron chi connectivity index (χ3n) is 4.51. The summed E-state index contributed by atoms with van der Waals surface area (Å²) >= 11 is 7.38. The van der Waals surface area contributed by atoms with E-state index in [1.54, 1.807) is 12.1 Å². The molecule has 0 unspecified atom stereocenters. The molecule has 1 N–H and O–H groups in total. The van der Waals surface area contributed by atoms with Crippen molar-refractivity contribution in [1.82, 2.24) is 9.55 Å². The van der Waals surface area contributed by atoms with Crippen molar-refractivity contribution < 1.29 is 19.1 Å². The Balaban J connectivity index is 1.55. The molecule has 1 aromatic carbocycles. The van der Waals surface area contributed by atoms with Crippen LogP contribution in [0.1, 0.15) is 16.9 Å². The van der Waals surface area contributed by atoms with E-state index in [1.807, 2.05) is 13.8 Å². The normalized spacial score (nSPS) is 10.8. The van der Waals surface area contributed by atoms with Gasteiger partial charge in [0.15, 0.2) is 6.61 Å². The number of aromatic nitrogens is 2. The molecule has 0 aliphatic heterocycles. The number of amides is 1. The number of aryl methyl sites for hydroxylation is 3. The summed E-state index contributed by atoms with van der Waals surface area (Å²) in [6.07, 6.45) is 1.36. The van der Waals surface area contributed by atoms with E-state index >= 15 is 0 Å². The first-order valence-corrected chi connectivity index (χ1v) is 10.2. The largest absolute Gasteiger partial charge is 0.495 e. The number of halogens is 1. The standard InChI is InChI=1S/C20H20ClN3O5S/c1-11-12(2)30-19-18(11)20(27)24(10-22-19)7-6-17(26)29-9-16(25)23-14-8-13(21)4-5-15(14)28-3/h4-5,8,10H,6-7,9H2,1-3H3,(H,23,25). The molecule has 0 fully saturated rings. The molecule has 158 valence electrons. The number of thiophene rings is 1. The second kappa shape index (κ2) is 9.27. The summed E-state index contributed by atoms with van der Waals surface area (Å²) in [4.78, 5) is 42.7. The molecular weight excluding hydrogens is 430 g/mol. The summed E-state index contributed by atoms with van der Waals surface area (Å²) in [6.45, 7) is 3.46. The highest BCUT2D eigenvalue weighted by molar-refractivity contribution is 7.18. The minimum atomic E-state index is -0.603. The average Bonchev–Trinajstić information content (AvgIpc) is 3.00. The van der Waals surface area contributed by atoms with Gasteiger partial charge in [0.2, 0.25) is 0 Å². The number of rotatable bonds is 7. The van der Waals surface area contributed by atoms with Gasteiger partial charge in [-0.2, -0.15) is 0 Å². The molecule has 0 aliphatic carbocycles. The number of nitrogens with zero attached hydrogens (tertiary/aromatic N) is 2. The van der Waals surface area contributed by atoms with Crippen molar-refractivity contribution in [2.45, 2.75) is 26.8 Å². The highest BCUT2D eigenvalue weighted by Gasteiger charge is 2.14. The van der Waals surface area contributed by atoms with Crippen LogP contribution in [0.25, 0.3) is 10.2 Å². The number of benzene rings is 1. The van der Waals surface area contributed by atoms with Crippen LogP contribution in [0.15, 0.2) is 29.3 Å². The van der Waals surface area contributed by atoms with Gasteiger partial charge < -0.3 is 14.8 Å². The Labute approximate surface area is 181 Å². The Hall–Kier alpha value is -2.91. The molecule has 0 saturated carbocycles. The molecule has 2 aromatic heterocycles. The molecule has 0 spiro atoms. The number of carbonyl (C=O) groups excluding carboxylic acids is 2. The van der Waals surface area contributed by atoms with E-state index in [1.165, 1.54) is 35.4 Å². The van der Waals surface area contributed by atoms with Gasteiger partial charge in [-0.3, -0.25) is 19.0 Å². The molecule has 0 atom stereocenters. The fourth-order valence-corrected chi connectivity index (χ4v) is 3.98. The first kappa shape index (κ1) is 21.8. The van der Waals surface area contributed by atoms with Crippen molar-refractivity contribution in [2.75, 3.05) is 19.0 Å². The predicted molar refractivity (Wildman–Crippen MR) is 116 cm³/mol. The molecule has 0 radical (unpaired) electrons. The first-order valence-electron chi connectivity index (χ1n) is 9.04. The SMILES string of the molecule is COc1ccc(Cl)cc1NC(=O)COC(=O)CCn1cnc2sc(C)c(C)c2c1=O. The average molecular weight is 450 g/mol. The fourth-order valence-electron chi connectivity index (χ4n) is 2.82. The molecule has 3 rings (SSSR count). The van der Waals surface area contributed by atoms with Crippen LogP contribution in [-0.2, 0) is 20.9 Å². The summed E-state index contributed by atoms with van der Waals surface area (Å²) in [5.74, 6) is -0.706. The van der Waals surface area contributed by atoms with Crippen LogP contribution in [0, 0.1) is 13.8 Å². The maximum Gasteiger partial charge on any atom is 0.308 e. The van der Waals surface area contributed by atoms with E-state index in [9.17, 15) is 14.4 Å². The van der Waals surface area contributed by atoms with E-state index in [0.29, 0.717) is 26.7 Å². The Morgan fingerprint density at radius 3 is 2.80 bits per heavy atom. The molecule has 8 nitrogen and oxygen atoms in total. The zero-order valence-electron chi connectivity index (χ0n) is 16.7. The van der Waals surface area contributed by atoms with E-state index in [-0.39, 0.29) is 18.5 Å². The molecular formula is C20H20ClN3O5S. The number of ether oxygens (including phenoxy) is 2. The summed E-state index contributed by atoms with van der Waals surface area (Å²) in [7, 11) is 1.46. The maximum atomic E-state index is 12.6. The third-order valence-corrected chi connectivity index (χ3v) is 5.86. The minimum Gasteiger partial charge on any atom is -0.495 e. The lowest BCUT2D eigenvalue weighted by Crippen LogP contribution is -2.24. The molecule has 0 bridgehead atoms. The van der Waals surface area contributed by atoms with Gasteiger partial charge in [-0.15, -0.1) is 11.3 Å². The van der Waals surface area contributed by atoms with Crippen molar-refractivity contribution in [3.05, 3.63) is 50.3 Å². The summed E-state index contributed by atoms with van der Waals surface area (Å²) < 4.78 is 11.5. The summed E-state index contributed by atoms with van der Waals surface area (Å²) in [6, 6.07) is 4.77. The molecule has 1 amide bonds. The smallest absolute Gasteiger partial charge is 0.308 e. The number of esters is 1. The highest BCUT2D eigenvalue weighted by atomic mass is 35.5. The van der Waals surface area contributed by atoms with Crippen LogP contribution in [-0.4, -0.2) is 35.1 Å². The number of methoxy groups -OCH3 is 1. The van der Waals surface area contributed by atoms with Crippen LogP contribution in [0.5, 0.6) is 5.75 Å². The maximum absolute atomic E-state index is 12.6. The molecule has 3 aromatic rings.